The molecule has 0 fully saturated rings. The smallest absolute Gasteiger partial charge is 0.264 e. The average Bonchev–Trinajstić information content (AvgIpc) is 3.08. The molecule has 7 heteroatoms. The fraction of sp³-hybridized carbons (Fsp3) is 0.462. The van der Waals surface area contributed by atoms with Crippen LogP contribution in [-0.2, 0) is 18.3 Å². The van der Waals surface area contributed by atoms with Crippen molar-refractivity contribution in [3.63, 3.8) is 0 Å². The maximum absolute atomic E-state index is 12.5. The van der Waals surface area contributed by atoms with Crippen molar-refractivity contribution < 1.29 is 9.53 Å². The highest BCUT2D eigenvalue weighted by atomic mass is 32.1. The van der Waals surface area contributed by atoms with Crippen LogP contribution in [0.4, 0.5) is 0 Å². The van der Waals surface area contributed by atoms with E-state index in [1.807, 2.05) is 29.5 Å². The van der Waals surface area contributed by atoms with Gasteiger partial charge in [-0.2, -0.15) is 0 Å². The molecule has 0 saturated carbocycles. The molecule has 0 aromatic carbocycles. The molecule has 1 unspecified atom stereocenters. The molecule has 20 heavy (non-hydrogen) atoms. The van der Waals surface area contributed by atoms with Crippen LogP contribution in [0.25, 0.3) is 0 Å². The molecule has 3 rings (SSSR count). The van der Waals surface area contributed by atoms with Crippen LogP contribution in [0, 0.1) is 0 Å². The van der Waals surface area contributed by atoms with Crippen LogP contribution in [0.2, 0.25) is 0 Å². The van der Waals surface area contributed by atoms with E-state index in [0.717, 1.165) is 16.3 Å². The summed E-state index contributed by atoms with van der Waals surface area (Å²) in [6.07, 6.45) is 0. The van der Waals surface area contributed by atoms with E-state index in [1.165, 1.54) is 11.3 Å². The van der Waals surface area contributed by atoms with Crippen molar-refractivity contribution in [2.45, 2.75) is 12.5 Å². The minimum atomic E-state index is 0.0532. The SMILES string of the molecule is COCC1CN(C(=O)c2cccs2)Cc2nnn(C)c21. The first-order valence-corrected chi connectivity index (χ1v) is 7.29. The zero-order chi connectivity index (χ0) is 14.1. The highest BCUT2D eigenvalue weighted by Crippen LogP contribution is 2.28. The largest absolute Gasteiger partial charge is 0.384 e. The monoisotopic (exact) mass is 292 g/mol. The van der Waals surface area contributed by atoms with Crippen LogP contribution in [0.5, 0.6) is 0 Å². The number of amides is 1. The van der Waals surface area contributed by atoms with Crippen LogP contribution in [0.3, 0.4) is 0 Å². The maximum atomic E-state index is 12.5. The van der Waals surface area contributed by atoms with E-state index in [0.29, 0.717) is 19.7 Å². The third-order valence-electron chi connectivity index (χ3n) is 3.50. The van der Waals surface area contributed by atoms with Crippen LogP contribution in [0.1, 0.15) is 27.0 Å². The Morgan fingerprint density at radius 3 is 3.15 bits per heavy atom. The Balaban J connectivity index is 1.88. The molecule has 0 bridgehead atoms. The molecule has 0 N–H and O–H groups in total. The summed E-state index contributed by atoms with van der Waals surface area (Å²) in [5.74, 6) is 0.171. The first-order chi connectivity index (χ1) is 9.70. The highest BCUT2D eigenvalue weighted by molar-refractivity contribution is 7.12. The van der Waals surface area contributed by atoms with Crippen molar-refractivity contribution in [3.8, 4) is 0 Å². The van der Waals surface area contributed by atoms with Crippen LogP contribution < -0.4 is 0 Å². The van der Waals surface area contributed by atoms with Gasteiger partial charge in [0.25, 0.3) is 5.91 Å². The number of carbonyl (C=O) groups is 1. The summed E-state index contributed by atoms with van der Waals surface area (Å²) < 4.78 is 7.06. The number of aryl methyl sites for hydroxylation is 1. The van der Waals surface area contributed by atoms with Gasteiger partial charge in [0.2, 0.25) is 0 Å². The van der Waals surface area contributed by atoms with E-state index < -0.39 is 0 Å². The van der Waals surface area contributed by atoms with E-state index in [1.54, 1.807) is 11.8 Å². The normalized spacial score (nSPS) is 18.1. The predicted molar refractivity (Wildman–Crippen MR) is 74.7 cm³/mol. The van der Waals surface area contributed by atoms with Crippen molar-refractivity contribution in [2.24, 2.45) is 7.05 Å². The second kappa shape index (κ2) is 5.34. The number of thiophene rings is 1. The van der Waals surface area contributed by atoms with Gasteiger partial charge in [-0.1, -0.05) is 11.3 Å². The quantitative estimate of drug-likeness (QED) is 0.854. The summed E-state index contributed by atoms with van der Waals surface area (Å²) in [5, 5.41) is 10.1. The number of rotatable bonds is 3. The van der Waals surface area contributed by atoms with Crippen molar-refractivity contribution in [3.05, 3.63) is 33.8 Å². The fourth-order valence-corrected chi connectivity index (χ4v) is 3.35. The molecule has 1 amide bonds. The lowest BCUT2D eigenvalue weighted by Gasteiger charge is -2.31. The Kier molecular flexibility index (Phi) is 3.54. The van der Waals surface area contributed by atoms with E-state index in [-0.39, 0.29) is 11.8 Å². The number of ether oxygens (including phenoxy) is 1. The summed E-state index contributed by atoms with van der Waals surface area (Å²) in [6, 6.07) is 3.74. The minimum Gasteiger partial charge on any atom is -0.384 e. The molecule has 1 aliphatic rings. The lowest BCUT2D eigenvalue weighted by molar-refractivity contribution is 0.0678. The predicted octanol–water partition coefficient (Wildman–Crippen LogP) is 1.26. The van der Waals surface area contributed by atoms with Gasteiger partial charge >= 0.3 is 0 Å². The molecule has 0 spiro atoms. The highest BCUT2D eigenvalue weighted by Gasteiger charge is 2.32. The standard InChI is InChI=1S/C13H16N4O2S/c1-16-12-9(8-19-2)6-17(7-10(12)14-15-16)13(18)11-4-3-5-20-11/h3-5,9H,6-8H2,1-2H3. The molecule has 0 aliphatic carbocycles. The number of fused-ring (bicyclic) bond motifs is 1. The Morgan fingerprint density at radius 2 is 2.45 bits per heavy atom. The molecule has 1 aliphatic heterocycles. The van der Waals surface area contributed by atoms with Crippen LogP contribution in [0.15, 0.2) is 17.5 Å². The first kappa shape index (κ1) is 13.3. The number of methoxy groups -OCH3 is 1. The van der Waals surface area contributed by atoms with Gasteiger partial charge in [0.15, 0.2) is 0 Å². The molecule has 1 atom stereocenters. The van der Waals surface area contributed by atoms with E-state index in [9.17, 15) is 4.79 Å². The summed E-state index contributed by atoms with van der Waals surface area (Å²) in [6.45, 7) is 1.71. The lowest BCUT2D eigenvalue weighted by atomic mass is 9.99. The number of hydrogen-bond donors (Lipinski definition) is 0. The molecule has 0 saturated heterocycles. The van der Waals surface area contributed by atoms with Gasteiger partial charge in [0, 0.05) is 26.6 Å². The van der Waals surface area contributed by atoms with Gasteiger partial charge in [-0.05, 0) is 11.4 Å². The Bertz CT molecular complexity index is 608. The van der Waals surface area contributed by atoms with Gasteiger partial charge in [0.05, 0.1) is 23.7 Å². The van der Waals surface area contributed by atoms with Crippen molar-refractivity contribution in [1.82, 2.24) is 19.9 Å². The molecule has 106 valence electrons. The Morgan fingerprint density at radius 1 is 1.60 bits per heavy atom. The van der Waals surface area contributed by atoms with Crippen molar-refractivity contribution >= 4 is 17.2 Å². The summed E-state index contributed by atoms with van der Waals surface area (Å²) >= 11 is 1.46. The zero-order valence-electron chi connectivity index (χ0n) is 11.4. The van der Waals surface area contributed by atoms with Crippen molar-refractivity contribution in [2.75, 3.05) is 20.3 Å². The Hall–Kier alpha value is -1.73. The zero-order valence-corrected chi connectivity index (χ0v) is 12.3. The van der Waals surface area contributed by atoms with E-state index in [4.69, 9.17) is 4.74 Å². The van der Waals surface area contributed by atoms with Crippen molar-refractivity contribution in [1.29, 1.82) is 0 Å². The van der Waals surface area contributed by atoms with Gasteiger partial charge in [-0.15, -0.1) is 16.4 Å². The second-order valence-corrected chi connectivity index (χ2v) is 5.81. The molecule has 6 nitrogen and oxygen atoms in total. The average molecular weight is 292 g/mol. The van der Waals surface area contributed by atoms with Gasteiger partial charge in [-0.25, -0.2) is 0 Å². The summed E-state index contributed by atoms with van der Waals surface area (Å²) in [5.41, 5.74) is 1.94. The minimum absolute atomic E-state index is 0.0532. The fourth-order valence-electron chi connectivity index (χ4n) is 2.66. The van der Waals surface area contributed by atoms with Gasteiger partial charge in [-0.3, -0.25) is 9.48 Å². The molecule has 0 radical (unpaired) electrons. The van der Waals surface area contributed by atoms with E-state index >= 15 is 0 Å². The number of carbonyl (C=O) groups excluding carboxylic acids is 1. The number of aromatic nitrogens is 3. The molecule has 2 aromatic rings. The van der Waals surface area contributed by atoms with Crippen LogP contribution >= 0.6 is 11.3 Å². The van der Waals surface area contributed by atoms with E-state index in [2.05, 4.69) is 10.3 Å². The summed E-state index contributed by atoms with van der Waals surface area (Å²) in [7, 11) is 3.55. The first-order valence-electron chi connectivity index (χ1n) is 6.41. The summed E-state index contributed by atoms with van der Waals surface area (Å²) in [4.78, 5) is 15.1. The molecular formula is C13H16N4O2S. The number of nitrogens with zero attached hydrogens (tertiary/aromatic N) is 4. The third kappa shape index (κ3) is 2.23. The molecular weight excluding hydrogens is 276 g/mol. The maximum Gasteiger partial charge on any atom is 0.264 e. The van der Waals surface area contributed by atoms with Crippen LogP contribution in [-0.4, -0.2) is 46.1 Å². The third-order valence-corrected chi connectivity index (χ3v) is 4.36. The number of hydrogen-bond acceptors (Lipinski definition) is 5. The van der Waals surface area contributed by atoms with Gasteiger partial charge < -0.3 is 9.64 Å². The second-order valence-electron chi connectivity index (χ2n) is 4.86. The van der Waals surface area contributed by atoms with Gasteiger partial charge in [0.1, 0.15) is 5.69 Å². The molecule has 2 aromatic heterocycles. The lowest BCUT2D eigenvalue weighted by Crippen LogP contribution is -2.39. The Labute approximate surface area is 121 Å². The molecule has 3 heterocycles. The topological polar surface area (TPSA) is 60.2 Å².